The van der Waals surface area contributed by atoms with Crippen LogP contribution < -0.4 is 12.3 Å². The second kappa shape index (κ2) is 3110. The summed E-state index contributed by atoms with van der Waals surface area (Å²) < 4.78 is 0. The average Bonchev–Trinajstić information content (AvgIpc) is 0. The van der Waals surface area contributed by atoms with Crippen molar-refractivity contribution >= 4 is 12.4 Å². The lowest BCUT2D eigenvalue weighted by molar-refractivity contribution is 0.824. The topological polar surface area (TPSA) is 102 Å². The van der Waals surface area contributed by atoms with Crippen molar-refractivity contribution in [3.8, 4) is 0 Å². The van der Waals surface area contributed by atoms with Gasteiger partial charge < -0.3 is 17.8 Å². The van der Waals surface area contributed by atoms with Crippen LogP contribution in [0.2, 0.25) is 0 Å². The van der Waals surface area contributed by atoms with Gasteiger partial charge >= 0.3 is 0 Å². The summed E-state index contributed by atoms with van der Waals surface area (Å²) in [5.41, 5.74) is 0. The average molecular weight is 121 g/mol. The summed E-state index contributed by atoms with van der Waals surface area (Å²) in [6.07, 6.45) is 0. The molecule has 4 heteroatoms. The molecule has 0 aliphatic carbocycles. The Hall–Kier alpha value is 0.170. The fourth-order valence-corrected chi connectivity index (χ4v) is 0. The highest BCUT2D eigenvalue weighted by Gasteiger charge is -0.0765. The van der Waals surface area contributed by atoms with Gasteiger partial charge in [0.1, 0.15) is 0 Å². The molecule has 0 saturated carbocycles. The van der Waals surface area contributed by atoms with Gasteiger partial charge in [0.2, 0.25) is 0 Å². The highest BCUT2D eigenvalue weighted by molar-refractivity contribution is 5.85. The molecule has 0 aliphatic heterocycles. The van der Waals surface area contributed by atoms with E-state index in [2.05, 4.69) is 0 Å². The van der Waals surface area contributed by atoms with Gasteiger partial charge in [-0.05, 0) is 0 Å². The normalized spacial score (nSPS) is 0. The van der Waals surface area contributed by atoms with Gasteiger partial charge in [0.25, 0.3) is 0 Å². The predicted molar refractivity (Wildman–Crippen MR) is 34.4 cm³/mol. The van der Waals surface area contributed by atoms with E-state index in [1.807, 2.05) is 0 Å². The Balaban J connectivity index is 0. The van der Waals surface area contributed by atoms with Crippen LogP contribution in [-0.4, -0.2) is 5.48 Å². The molecule has 0 aliphatic rings. The summed E-state index contributed by atoms with van der Waals surface area (Å²) in [5.74, 6) is 0. The van der Waals surface area contributed by atoms with Crippen LogP contribution in [0.25, 0.3) is 0 Å². The summed E-state index contributed by atoms with van der Waals surface area (Å²) in [6, 6.07) is 0. The molecule has 48 valence electrons. The Morgan fingerprint density at radius 3 is 0.667 bits per heavy atom. The Kier molecular flexibility index (Phi) is 2960000. The smallest absolute Gasteiger partial charge is 0.0776 e. The van der Waals surface area contributed by atoms with Gasteiger partial charge in [-0.2, -0.15) is 0 Å². The van der Waals surface area contributed by atoms with E-state index < -0.39 is 0 Å². The zero-order valence-electron chi connectivity index (χ0n) is 2.32. The summed E-state index contributed by atoms with van der Waals surface area (Å²) in [4.78, 5) is 0. The van der Waals surface area contributed by atoms with Crippen LogP contribution in [-0.2, 0) is 0 Å². The summed E-state index contributed by atoms with van der Waals surface area (Å²) in [7, 11) is 0. The molecule has 3 nitrogen and oxygen atoms in total. The van der Waals surface area contributed by atoms with Crippen molar-refractivity contribution in [2.45, 2.75) is 14.9 Å². The van der Waals surface area contributed by atoms with Crippen LogP contribution in [0.5, 0.6) is 0 Å². The molecule has 0 radical (unpaired) electrons. The Bertz CT molecular complexity index is 11.5. The second-order valence-corrected chi connectivity index (χ2v) is 0. The van der Waals surface area contributed by atoms with Gasteiger partial charge in [0.05, 0.1) is 0 Å². The van der Waals surface area contributed by atoms with Gasteiger partial charge in [-0.1, -0.05) is 14.9 Å². The van der Waals surface area contributed by atoms with E-state index in [9.17, 15) is 0 Å². The molecule has 0 heterocycles. The lowest BCUT2D eigenvalue weighted by Gasteiger charge is -0.412. The molecule has 0 spiro atoms. The fourth-order valence-electron chi connectivity index (χ4n) is 0. The lowest BCUT2D eigenvalue weighted by atomic mass is 12.0. The third-order valence-corrected chi connectivity index (χ3v) is 0. The monoisotopic (exact) mass is 120 g/mol. The van der Waals surface area contributed by atoms with Crippen molar-refractivity contribution in [3.63, 3.8) is 0 Å². The quantitative estimate of drug-likeness (QED) is 0.502. The molecule has 6 heavy (non-hydrogen) atoms. The predicted octanol–water partition coefficient (Wildman–Crippen LogP) is 1.19. The van der Waals surface area contributed by atoms with Crippen LogP contribution in [0.1, 0.15) is 14.9 Å². The molecule has 0 unspecified atom stereocenters. The fraction of sp³-hybridized carbons (Fsp3) is 1.00. The molecule has 0 aromatic carbocycles. The summed E-state index contributed by atoms with van der Waals surface area (Å²) in [5, 5.41) is 0. The number of halogens is 1. The minimum absolute atomic E-state index is 0. The molecule has 0 atom stereocenters. The van der Waals surface area contributed by atoms with E-state index in [0.717, 1.165) is 0 Å². The maximum Gasteiger partial charge on any atom is -0.0776 e. The number of hydrogen-bond acceptors (Lipinski definition) is 2. The summed E-state index contributed by atoms with van der Waals surface area (Å²) >= 11 is 0. The first-order valence-corrected chi connectivity index (χ1v) is 0. The first kappa shape index (κ1) is 5710. The van der Waals surface area contributed by atoms with Gasteiger partial charge in [-0.15, -0.1) is 12.4 Å². The largest absolute Gasteiger partial charge is 0.412 e. The minimum atomic E-state index is 0. The highest BCUT2D eigenvalue weighted by Crippen LogP contribution is 0.690. The van der Waals surface area contributed by atoms with E-state index in [0.29, 0.717) is 0 Å². The number of rotatable bonds is 0. The molecule has 0 rings (SSSR count). The third kappa shape index (κ3) is 1450. The molecule has 0 aromatic rings. The van der Waals surface area contributed by atoms with Crippen molar-refractivity contribution in [3.05, 3.63) is 0 Å². The zero-order valence-corrected chi connectivity index (χ0v) is 3.14. The Labute approximate surface area is 46.0 Å². The molecule has 0 saturated heterocycles. The molecule has 0 amide bonds. The molecule has 8 N–H and O–H groups in total. The van der Waals surface area contributed by atoms with E-state index in [1.165, 1.54) is 0 Å². The highest BCUT2D eigenvalue weighted by atomic mass is 35.5. The second-order valence-electron chi connectivity index (χ2n) is 0. The van der Waals surface area contributed by atoms with Crippen LogP contribution in [0.4, 0.5) is 0 Å². The van der Waals surface area contributed by atoms with Crippen LogP contribution in [0.3, 0.4) is 0 Å². The van der Waals surface area contributed by atoms with Crippen molar-refractivity contribution < 1.29 is 5.48 Å². The first-order valence-electron chi connectivity index (χ1n) is 0. The lowest BCUT2D eigenvalue weighted by Crippen LogP contribution is -0.482. The molecular formula is C2H17ClN2O. The zero-order chi connectivity index (χ0) is 0. The van der Waals surface area contributed by atoms with Gasteiger partial charge in [-0.25, -0.2) is 0 Å². The van der Waals surface area contributed by atoms with E-state index in [1.54, 1.807) is 0 Å². The van der Waals surface area contributed by atoms with E-state index >= 15 is 0 Å². The Morgan fingerprint density at radius 2 is 0.667 bits per heavy atom. The third-order valence-electron chi connectivity index (χ3n) is 0. The first-order chi connectivity index (χ1) is 0. The molecule has 0 aromatic heterocycles. The van der Waals surface area contributed by atoms with Crippen molar-refractivity contribution in [1.82, 2.24) is 12.3 Å². The molecule has 0 fully saturated rings. The maximum absolute atomic E-state index is 0. The summed E-state index contributed by atoms with van der Waals surface area (Å²) in [6.45, 7) is 0. The van der Waals surface area contributed by atoms with Gasteiger partial charge in [-0.3, -0.25) is 0 Å². The minimum Gasteiger partial charge on any atom is -0.412 e. The van der Waals surface area contributed by atoms with E-state index in [-0.39, 0.29) is 45.0 Å². The van der Waals surface area contributed by atoms with Crippen molar-refractivity contribution in [2.24, 2.45) is 0 Å². The standard InChI is InChI=1S/2CH4.ClH.2H3N.H2O/h2*1H4;1H;2*1H3;1H2. The van der Waals surface area contributed by atoms with Crippen LogP contribution >= 0.6 is 12.4 Å². The molecule has 0 bridgehead atoms. The SMILES string of the molecule is C.C.Cl.N.N.O. The molecular weight excluding hydrogens is 103 g/mol. The van der Waals surface area contributed by atoms with Crippen molar-refractivity contribution in [2.75, 3.05) is 0 Å². The van der Waals surface area contributed by atoms with Crippen LogP contribution in [0.15, 0.2) is 0 Å². The van der Waals surface area contributed by atoms with E-state index in [4.69, 9.17) is 0 Å². The number of hydrogen-bond donors (Lipinski definition) is 2. The van der Waals surface area contributed by atoms with Crippen LogP contribution in [0, 0.1) is 0 Å². The van der Waals surface area contributed by atoms with Gasteiger partial charge in [0, 0.05) is 0 Å². The van der Waals surface area contributed by atoms with Gasteiger partial charge in [0.15, 0.2) is 0 Å². The van der Waals surface area contributed by atoms with Crippen molar-refractivity contribution in [1.29, 1.82) is 0 Å². The Morgan fingerprint density at radius 1 is 0.667 bits per heavy atom. The maximum atomic E-state index is 0.